The molecule has 0 saturated heterocycles. The molecule has 0 spiro atoms. The van der Waals surface area contributed by atoms with Gasteiger partial charge in [0.1, 0.15) is 0 Å². The summed E-state index contributed by atoms with van der Waals surface area (Å²) in [5, 5.41) is 7.81. The topological polar surface area (TPSA) is 42.7 Å². The van der Waals surface area contributed by atoms with Crippen LogP contribution < -0.4 is 5.32 Å². The van der Waals surface area contributed by atoms with Gasteiger partial charge in [0.25, 0.3) is 0 Å². The van der Waals surface area contributed by atoms with Crippen LogP contribution in [-0.4, -0.2) is 21.8 Å². The van der Waals surface area contributed by atoms with E-state index in [9.17, 15) is 0 Å². The van der Waals surface area contributed by atoms with E-state index in [0.29, 0.717) is 5.92 Å². The molecule has 2 aromatic heterocycles. The van der Waals surface area contributed by atoms with Crippen molar-refractivity contribution in [3.05, 3.63) is 41.3 Å². The number of nitrogens with zero attached hydrogens (tertiary/aromatic N) is 3. The quantitative estimate of drug-likeness (QED) is 0.879. The number of hydrogen-bond acceptors (Lipinski definition) is 3. The zero-order chi connectivity index (χ0) is 14.5. The summed E-state index contributed by atoms with van der Waals surface area (Å²) in [5.41, 5.74) is 3.49. The fourth-order valence-electron chi connectivity index (χ4n) is 2.21. The molecule has 4 heteroatoms. The molecule has 2 heterocycles. The molecule has 0 saturated carbocycles. The van der Waals surface area contributed by atoms with Crippen molar-refractivity contribution in [1.82, 2.24) is 20.1 Å². The number of aromatic nitrogens is 3. The van der Waals surface area contributed by atoms with E-state index >= 15 is 0 Å². The van der Waals surface area contributed by atoms with Gasteiger partial charge < -0.3 is 5.32 Å². The summed E-state index contributed by atoms with van der Waals surface area (Å²) in [6.07, 6.45) is 4.10. The molecular weight excluding hydrogens is 248 g/mol. The van der Waals surface area contributed by atoms with Gasteiger partial charge >= 0.3 is 0 Å². The van der Waals surface area contributed by atoms with Gasteiger partial charge in [-0.2, -0.15) is 5.10 Å². The molecule has 4 nitrogen and oxygen atoms in total. The minimum absolute atomic E-state index is 0.437. The minimum atomic E-state index is 0.437. The summed E-state index contributed by atoms with van der Waals surface area (Å²) in [6, 6.07) is 6.35. The van der Waals surface area contributed by atoms with Crippen molar-refractivity contribution < 1.29 is 0 Å². The van der Waals surface area contributed by atoms with Gasteiger partial charge in [-0.3, -0.25) is 0 Å². The van der Waals surface area contributed by atoms with Crippen LogP contribution >= 0.6 is 0 Å². The fraction of sp³-hybridized carbons (Fsp3) is 0.500. The first-order chi connectivity index (χ1) is 9.63. The van der Waals surface area contributed by atoms with E-state index in [1.807, 2.05) is 17.9 Å². The Morgan fingerprint density at radius 2 is 2.10 bits per heavy atom. The van der Waals surface area contributed by atoms with Crippen molar-refractivity contribution in [2.24, 2.45) is 0 Å². The van der Waals surface area contributed by atoms with Crippen LogP contribution in [0.15, 0.2) is 24.4 Å². The van der Waals surface area contributed by atoms with E-state index < -0.39 is 0 Å². The van der Waals surface area contributed by atoms with E-state index in [0.717, 1.165) is 36.6 Å². The van der Waals surface area contributed by atoms with E-state index in [2.05, 4.69) is 49.4 Å². The first kappa shape index (κ1) is 14.7. The minimum Gasteiger partial charge on any atom is -0.316 e. The molecule has 0 unspecified atom stereocenters. The Balaban J connectivity index is 2.37. The van der Waals surface area contributed by atoms with Gasteiger partial charge in [-0.1, -0.05) is 27.2 Å². The largest absolute Gasteiger partial charge is 0.316 e. The van der Waals surface area contributed by atoms with Gasteiger partial charge in [0, 0.05) is 18.4 Å². The van der Waals surface area contributed by atoms with Gasteiger partial charge in [0.2, 0.25) is 0 Å². The third-order valence-corrected chi connectivity index (χ3v) is 3.25. The summed E-state index contributed by atoms with van der Waals surface area (Å²) in [5.74, 6) is 1.35. The zero-order valence-corrected chi connectivity index (χ0v) is 12.8. The molecule has 0 bridgehead atoms. The number of rotatable bonds is 6. The van der Waals surface area contributed by atoms with Crippen LogP contribution in [-0.2, 0) is 13.0 Å². The Morgan fingerprint density at radius 1 is 1.30 bits per heavy atom. The summed E-state index contributed by atoms with van der Waals surface area (Å²) in [6.45, 7) is 7.33. The number of nitrogens with one attached hydrogen (secondary N) is 1. The van der Waals surface area contributed by atoms with Crippen LogP contribution in [0.4, 0.5) is 0 Å². The normalized spacial score (nSPS) is 11.2. The molecule has 0 aliphatic carbocycles. The molecule has 0 amide bonds. The molecule has 0 fully saturated rings. The maximum atomic E-state index is 4.72. The SMILES string of the molecule is CCCc1cc(CNC)cc(-n2ccc(C(C)C)n2)n1. The second-order valence-corrected chi connectivity index (χ2v) is 5.45. The van der Waals surface area contributed by atoms with Crippen molar-refractivity contribution in [3.8, 4) is 5.82 Å². The predicted octanol–water partition coefficient (Wildman–Crippen LogP) is 3.06. The van der Waals surface area contributed by atoms with E-state index in [1.165, 1.54) is 5.56 Å². The fourth-order valence-corrected chi connectivity index (χ4v) is 2.21. The molecule has 0 aliphatic heterocycles. The molecule has 1 N–H and O–H groups in total. The lowest BCUT2D eigenvalue weighted by Crippen LogP contribution is -2.09. The summed E-state index contributed by atoms with van der Waals surface area (Å²) in [4.78, 5) is 4.72. The summed E-state index contributed by atoms with van der Waals surface area (Å²) in [7, 11) is 1.96. The van der Waals surface area contributed by atoms with Crippen LogP contribution in [0, 0.1) is 0 Å². The van der Waals surface area contributed by atoms with Gasteiger partial charge in [-0.15, -0.1) is 0 Å². The standard InChI is InChI=1S/C16H24N4/c1-5-6-14-9-13(11-17-4)10-16(18-14)20-8-7-15(19-20)12(2)3/h7-10,12,17H,5-6,11H2,1-4H3. The molecule has 20 heavy (non-hydrogen) atoms. The number of hydrogen-bond donors (Lipinski definition) is 1. The van der Waals surface area contributed by atoms with Crippen LogP contribution in [0.25, 0.3) is 5.82 Å². The smallest absolute Gasteiger partial charge is 0.153 e. The Kier molecular flexibility index (Phi) is 4.90. The number of aryl methyl sites for hydroxylation is 1. The highest BCUT2D eigenvalue weighted by Crippen LogP contribution is 2.15. The highest BCUT2D eigenvalue weighted by Gasteiger charge is 2.08. The van der Waals surface area contributed by atoms with Crippen molar-refractivity contribution in [1.29, 1.82) is 0 Å². The summed E-state index contributed by atoms with van der Waals surface area (Å²) >= 11 is 0. The van der Waals surface area contributed by atoms with Crippen LogP contribution in [0.2, 0.25) is 0 Å². The first-order valence-corrected chi connectivity index (χ1v) is 7.34. The maximum absolute atomic E-state index is 4.72. The second-order valence-electron chi connectivity index (χ2n) is 5.45. The van der Waals surface area contributed by atoms with Crippen LogP contribution in [0.5, 0.6) is 0 Å². The molecule has 2 aromatic rings. The van der Waals surface area contributed by atoms with Crippen molar-refractivity contribution in [2.75, 3.05) is 7.05 Å². The van der Waals surface area contributed by atoms with Crippen molar-refractivity contribution in [3.63, 3.8) is 0 Å². The third kappa shape index (κ3) is 3.45. The molecule has 0 atom stereocenters. The summed E-state index contributed by atoms with van der Waals surface area (Å²) < 4.78 is 1.88. The highest BCUT2D eigenvalue weighted by atomic mass is 15.3. The van der Waals surface area contributed by atoms with Gasteiger partial charge in [0.05, 0.1) is 5.69 Å². The van der Waals surface area contributed by atoms with E-state index in [4.69, 9.17) is 4.98 Å². The van der Waals surface area contributed by atoms with Gasteiger partial charge in [-0.05, 0) is 43.1 Å². The van der Waals surface area contributed by atoms with Crippen LogP contribution in [0.1, 0.15) is 50.1 Å². The average molecular weight is 272 g/mol. The zero-order valence-electron chi connectivity index (χ0n) is 12.8. The second kappa shape index (κ2) is 6.66. The third-order valence-electron chi connectivity index (χ3n) is 3.25. The Morgan fingerprint density at radius 3 is 2.70 bits per heavy atom. The highest BCUT2D eigenvalue weighted by molar-refractivity contribution is 5.31. The first-order valence-electron chi connectivity index (χ1n) is 7.34. The lowest BCUT2D eigenvalue weighted by molar-refractivity contribution is 0.744. The molecule has 0 radical (unpaired) electrons. The lowest BCUT2D eigenvalue weighted by atomic mass is 10.1. The molecule has 0 aliphatic rings. The monoisotopic (exact) mass is 272 g/mol. The molecular formula is C16H24N4. The maximum Gasteiger partial charge on any atom is 0.153 e. The Hall–Kier alpha value is -1.68. The molecule has 0 aromatic carbocycles. The predicted molar refractivity (Wildman–Crippen MR) is 82.2 cm³/mol. The van der Waals surface area contributed by atoms with Crippen molar-refractivity contribution >= 4 is 0 Å². The Bertz CT molecular complexity index is 533. The lowest BCUT2D eigenvalue weighted by Gasteiger charge is -2.08. The molecule has 2 rings (SSSR count). The van der Waals surface area contributed by atoms with E-state index in [-0.39, 0.29) is 0 Å². The van der Waals surface area contributed by atoms with Crippen LogP contribution in [0.3, 0.4) is 0 Å². The molecule has 108 valence electrons. The number of pyridine rings is 1. The van der Waals surface area contributed by atoms with Gasteiger partial charge in [0.15, 0.2) is 5.82 Å². The van der Waals surface area contributed by atoms with Gasteiger partial charge in [-0.25, -0.2) is 9.67 Å². The van der Waals surface area contributed by atoms with E-state index in [1.54, 1.807) is 0 Å². The van der Waals surface area contributed by atoms with Crippen molar-refractivity contribution in [2.45, 2.75) is 46.1 Å². The average Bonchev–Trinajstić information content (AvgIpc) is 2.89. The Labute approximate surface area is 121 Å².